The first-order valence-electron chi connectivity index (χ1n) is 6.44. The van der Waals surface area contributed by atoms with Gasteiger partial charge in [-0.3, -0.25) is 4.72 Å². The highest BCUT2D eigenvalue weighted by Crippen LogP contribution is 2.24. The van der Waals surface area contributed by atoms with E-state index in [0.29, 0.717) is 18.0 Å². The molecule has 0 fully saturated rings. The van der Waals surface area contributed by atoms with Crippen LogP contribution in [0.2, 0.25) is 0 Å². The maximum atomic E-state index is 12.3. The number of anilines is 1. The van der Waals surface area contributed by atoms with Gasteiger partial charge in [-0.05, 0) is 61.9 Å². The lowest BCUT2D eigenvalue weighted by molar-refractivity contribution is 0.340. The van der Waals surface area contributed by atoms with Crippen molar-refractivity contribution in [1.82, 2.24) is 0 Å². The number of hydrogen-bond donors (Lipinski definition) is 1. The molecule has 0 radical (unpaired) electrons. The minimum absolute atomic E-state index is 0.202. The van der Waals surface area contributed by atoms with Gasteiger partial charge in [0.05, 0.1) is 17.2 Å². The van der Waals surface area contributed by atoms with Crippen molar-refractivity contribution in [2.24, 2.45) is 0 Å². The van der Waals surface area contributed by atoms with Crippen molar-refractivity contribution in [2.45, 2.75) is 18.7 Å². The summed E-state index contributed by atoms with van der Waals surface area (Å²) in [5.41, 5.74) is 1.41. The quantitative estimate of drug-likeness (QED) is 0.867. The molecule has 2 aromatic rings. The highest BCUT2D eigenvalue weighted by Gasteiger charge is 2.15. The smallest absolute Gasteiger partial charge is 0.261 e. The molecule has 0 saturated heterocycles. The number of rotatable bonds is 5. The molecule has 1 N–H and O–H groups in total. The molecule has 0 amide bonds. The van der Waals surface area contributed by atoms with E-state index in [9.17, 15) is 8.42 Å². The maximum absolute atomic E-state index is 12.3. The van der Waals surface area contributed by atoms with E-state index in [4.69, 9.17) is 4.74 Å². The van der Waals surface area contributed by atoms with Gasteiger partial charge in [0.1, 0.15) is 5.75 Å². The van der Waals surface area contributed by atoms with Gasteiger partial charge in [0.2, 0.25) is 0 Å². The zero-order valence-electron chi connectivity index (χ0n) is 11.8. The molecule has 2 aromatic carbocycles. The van der Waals surface area contributed by atoms with Gasteiger partial charge < -0.3 is 4.74 Å². The molecular formula is C15H16BrNO3S. The van der Waals surface area contributed by atoms with E-state index in [2.05, 4.69) is 20.7 Å². The lowest BCUT2D eigenvalue weighted by Gasteiger charge is -2.11. The molecule has 4 nitrogen and oxygen atoms in total. The van der Waals surface area contributed by atoms with Crippen molar-refractivity contribution in [2.75, 3.05) is 11.3 Å². The number of halogens is 1. The van der Waals surface area contributed by atoms with Gasteiger partial charge in [0.15, 0.2) is 0 Å². The van der Waals surface area contributed by atoms with Crippen LogP contribution in [-0.2, 0) is 10.0 Å². The van der Waals surface area contributed by atoms with Crippen molar-refractivity contribution < 1.29 is 13.2 Å². The van der Waals surface area contributed by atoms with Crippen LogP contribution >= 0.6 is 15.9 Å². The van der Waals surface area contributed by atoms with Crippen LogP contribution in [0, 0.1) is 6.92 Å². The predicted molar refractivity (Wildman–Crippen MR) is 87.3 cm³/mol. The number of ether oxygens (including phenoxy) is 1. The molecule has 6 heteroatoms. The van der Waals surface area contributed by atoms with Gasteiger partial charge in [-0.1, -0.05) is 15.9 Å². The van der Waals surface area contributed by atoms with Crippen LogP contribution in [0.15, 0.2) is 51.8 Å². The maximum Gasteiger partial charge on any atom is 0.261 e. The summed E-state index contributed by atoms with van der Waals surface area (Å²) in [6.07, 6.45) is 0. The largest absolute Gasteiger partial charge is 0.494 e. The summed E-state index contributed by atoms with van der Waals surface area (Å²) in [6, 6.07) is 11.7. The first kappa shape index (κ1) is 15.9. The highest BCUT2D eigenvalue weighted by atomic mass is 79.9. The Morgan fingerprint density at radius 1 is 1.14 bits per heavy atom. The zero-order chi connectivity index (χ0) is 15.5. The van der Waals surface area contributed by atoms with E-state index >= 15 is 0 Å². The summed E-state index contributed by atoms with van der Waals surface area (Å²) in [7, 11) is -3.60. The molecule has 0 aliphatic heterocycles. The second-order valence-electron chi connectivity index (χ2n) is 4.47. The van der Waals surface area contributed by atoms with Crippen molar-refractivity contribution in [3.05, 3.63) is 52.5 Å². The van der Waals surface area contributed by atoms with Gasteiger partial charge in [0, 0.05) is 4.47 Å². The van der Waals surface area contributed by atoms with Gasteiger partial charge >= 0.3 is 0 Å². The molecule has 0 spiro atoms. The Kier molecular flexibility index (Phi) is 4.90. The summed E-state index contributed by atoms with van der Waals surface area (Å²) < 4.78 is 33.5. The van der Waals surface area contributed by atoms with Crippen molar-refractivity contribution in [3.8, 4) is 5.75 Å². The minimum atomic E-state index is -3.60. The number of nitrogens with one attached hydrogen (secondary N) is 1. The van der Waals surface area contributed by atoms with Gasteiger partial charge in [-0.2, -0.15) is 0 Å². The Hall–Kier alpha value is -1.53. The Labute approximate surface area is 133 Å². The SMILES string of the molecule is CCOc1ccc(S(=O)(=O)Nc2ccc(Br)cc2C)cc1. The molecule has 0 heterocycles. The molecule has 112 valence electrons. The second-order valence-corrected chi connectivity index (χ2v) is 7.07. The first-order chi connectivity index (χ1) is 9.92. The van der Waals surface area contributed by atoms with Crippen LogP contribution in [0.25, 0.3) is 0 Å². The molecule has 0 atom stereocenters. The highest BCUT2D eigenvalue weighted by molar-refractivity contribution is 9.10. The topological polar surface area (TPSA) is 55.4 Å². The Balaban J connectivity index is 2.25. The van der Waals surface area contributed by atoms with Crippen LogP contribution in [0.5, 0.6) is 5.75 Å². The summed E-state index contributed by atoms with van der Waals surface area (Å²) in [5, 5.41) is 0. The van der Waals surface area contributed by atoms with Crippen LogP contribution in [0.4, 0.5) is 5.69 Å². The number of benzene rings is 2. The summed E-state index contributed by atoms with van der Waals surface area (Å²) in [5.74, 6) is 0.649. The fourth-order valence-corrected chi connectivity index (χ4v) is 3.43. The Bertz CT molecular complexity index is 727. The van der Waals surface area contributed by atoms with E-state index in [1.807, 2.05) is 19.9 Å². The monoisotopic (exact) mass is 369 g/mol. The van der Waals surface area contributed by atoms with Crippen LogP contribution in [-0.4, -0.2) is 15.0 Å². The fourth-order valence-electron chi connectivity index (χ4n) is 1.83. The van der Waals surface area contributed by atoms with E-state index in [1.54, 1.807) is 24.3 Å². The molecule has 0 unspecified atom stereocenters. The molecule has 21 heavy (non-hydrogen) atoms. The van der Waals surface area contributed by atoms with Crippen molar-refractivity contribution in [3.63, 3.8) is 0 Å². The average molecular weight is 370 g/mol. The molecule has 0 aromatic heterocycles. The first-order valence-corrected chi connectivity index (χ1v) is 8.72. The van der Waals surface area contributed by atoms with Gasteiger partial charge in [0.25, 0.3) is 10.0 Å². The third kappa shape index (κ3) is 3.98. The van der Waals surface area contributed by atoms with Crippen LogP contribution in [0.1, 0.15) is 12.5 Å². The molecule has 0 aliphatic carbocycles. The average Bonchev–Trinajstić information content (AvgIpc) is 2.43. The summed E-state index contributed by atoms with van der Waals surface area (Å²) in [6.45, 7) is 4.27. The second kappa shape index (κ2) is 6.49. The fraction of sp³-hybridized carbons (Fsp3) is 0.200. The molecule has 2 rings (SSSR count). The van der Waals surface area contributed by atoms with Gasteiger partial charge in [-0.25, -0.2) is 8.42 Å². The molecule has 0 bridgehead atoms. The van der Waals surface area contributed by atoms with Crippen LogP contribution < -0.4 is 9.46 Å². The Morgan fingerprint density at radius 2 is 1.81 bits per heavy atom. The van der Waals surface area contributed by atoms with E-state index in [1.165, 1.54) is 12.1 Å². The molecular weight excluding hydrogens is 354 g/mol. The lowest BCUT2D eigenvalue weighted by atomic mass is 10.2. The normalized spacial score (nSPS) is 11.2. The summed E-state index contributed by atoms with van der Waals surface area (Å²) in [4.78, 5) is 0.202. The predicted octanol–water partition coefficient (Wildman–Crippen LogP) is 3.96. The molecule has 0 aliphatic rings. The van der Waals surface area contributed by atoms with Crippen molar-refractivity contribution >= 4 is 31.6 Å². The lowest BCUT2D eigenvalue weighted by Crippen LogP contribution is -2.13. The number of aryl methyl sites for hydroxylation is 1. The van der Waals surface area contributed by atoms with E-state index in [0.717, 1.165) is 10.0 Å². The Morgan fingerprint density at radius 3 is 2.38 bits per heavy atom. The van der Waals surface area contributed by atoms with E-state index < -0.39 is 10.0 Å². The van der Waals surface area contributed by atoms with Crippen LogP contribution in [0.3, 0.4) is 0 Å². The van der Waals surface area contributed by atoms with E-state index in [-0.39, 0.29) is 4.90 Å². The number of hydrogen-bond acceptors (Lipinski definition) is 3. The zero-order valence-corrected chi connectivity index (χ0v) is 14.2. The third-order valence-electron chi connectivity index (χ3n) is 2.88. The standard InChI is InChI=1S/C15H16BrNO3S/c1-3-20-13-5-7-14(8-6-13)21(18,19)17-15-9-4-12(16)10-11(15)2/h4-10,17H,3H2,1-2H3. The minimum Gasteiger partial charge on any atom is -0.494 e. The third-order valence-corrected chi connectivity index (χ3v) is 4.75. The summed E-state index contributed by atoms with van der Waals surface area (Å²) >= 11 is 3.35. The number of sulfonamides is 1. The van der Waals surface area contributed by atoms with Gasteiger partial charge in [-0.15, -0.1) is 0 Å². The van der Waals surface area contributed by atoms with Crippen molar-refractivity contribution in [1.29, 1.82) is 0 Å². The molecule has 0 saturated carbocycles.